The quantitative estimate of drug-likeness (QED) is 0.732. The molecule has 1 saturated carbocycles. The summed E-state index contributed by atoms with van der Waals surface area (Å²) in [7, 11) is 3.94. The van der Waals surface area contributed by atoms with E-state index in [2.05, 4.69) is 19.3 Å². The fourth-order valence-electron chi connectivity index (χ4n) is 2.93. The van der Waals surface area contributed by atoms with Crippen molar-refractivity contribution >= 4 is 0 Å². The van der Waals surface area contributed by atoms with Gasteiger partial charge in [-0.1, -0.05) is 32.6 Å². The summed E-state index contributed by atoms with van der Waals surface area (Å²) in [4.78, 5) is 0. The molecule has 1 fully saturated rings. The van der Waals surface area contributed by atoms with Gasteiger partial charge in [-0.3, -0.25) is 0 Å². The molecule has 15 heavy (non-hydrogen) atoms. The van der Waals surface area contributed by atoms with Crippen molar-refractivity contribution in [2.24, 2.45) is 5.92 Å². The van der Waals surface area contributed by atoms with E-state index in [1.807, 2.05) is 7.11 Å². The van der Waals surface area contributed by atoms with Crippen LogP contribution >= 0.6 is 0 Å². The molecular formula is C13H27NO. The number of ether oxygens (including phenoxy) is 1. The van der Waals surface area contributed by atoms with Crippen LogP contribution in [0.5, 0.6) is 0 Å². The second-order valence-electron chi connectivity index (χ2n) is 4.78. The molecule has 1 rings (SSSR count). The van der Waals surface area contributed by atoms with Crippen LogP contribution in [0.2, 0.25) is 0 Å². The van der Waals surface area contributed by atoms with E-state index in [4.69, 9.17) is 4.74 Å². The summed E-state index contributed by atoms with van der Waals surface area (Å²) in [6.45, 7) is 2.25. The van der Waals surface area contributed by atoms with Crippen LogP contribution in [-0.2, 0) is 4.74 Å². The predicted molar refractivity (Wildman–Crippen MR) is 65.1 cm³/mol. The van der Waals surface area contributed by atoms with Crippen LogP contribution in [-0.4, -0.2) is 26.3 Å². The van der Waals surface area contributed by atoms with Crippen molar-refractivity contribution in [3.8, 4) is 0 Å². The van der Waals surface area contributed by atoms with E-state index in [-0.39, 0.29) is 0 Å². The van der Waals surface area contributed by atoms with Gasteiger partial charge in [-0.05, 0) is 32.2 Å². The van der Waals surface area contributed by atoms with Gasteiger partial charge in [0.2, 0.25) is 0 Å². The monoisotopic (exact) mass is 213 g/mol. The van der Waals surface area contributed by atoms with E-state index in [0.717, 1.165) is 5.92 Å². The lowest BCUT2D eigenvalue weighted by atomic mass is 9.81. The Labute approximate surface area is 94.8 Å². The van der Waals surface area contributed by atoms with Crippen molar-refractivity contribution < 1.29 is 4.74 Å². The third-order valence-corrected chi connectivity index (χ3v) is 3.75. The zero-order valence-corrected chi connectivity index (χ0v) is 10.6. The largest absolute Gasteiger partial charge is 0.380 e. The Morgan fingerprint density at radius 3 is 2.40 bits per heavy atom. The van der Waals surface area contributed by atoms with Crippen molar-refractivity contribution in [1.82, 2.24) is 5.32 Å². The molecule has 1 N–H and O–H groups in total. The topological polar surface area (TPSA) is 21.3 Å². The maximum absolute atomic E-state index is 5.73. The maximum Gasteiger partial charge on any atom is 0.0752 e. The first-order valence-corrected chi connectivity index (χ1v) is 6.53. The molecule has 2 unspecified atom stereocenters. The van der Waals surface area contributed by atoms with Crippen LogP contribution in [0.4, 0.5) is 0 Å². The summed E-state index contributed by atoms with van der Waals surface area (Å²) < 4.78 is 5.73. The Bertz CT molecular complexity index is 150. The van der Waals surface area contributed by atoms with Gasteiger partial charge < -0.3 is 10.1 Å². The SMILES string of the molecule is CCCC(NC)C(OC)C1CCCCC1. The van der Waals surface area contributed by atoms with Gasteiger partial charge >= 0.3 is 0 Å². The molecule has 0 heterocycles. The van der Waals surface area contributed by atoms with Gasteiger partial charge in [-0.2, -0.15) is 0 Å². The van der Waals surface area contributed by atoms with Crippen molar-refractivity contribution in [3.05, 3.63) is 0 Å². The van der Waals surface area contributed by atoms with Gasteiger partial charge in [0.15, 0.2) is 0 Å². The zero-order chi connectivity index (χ0) is 11.1. The normalized spacial score (nSPS) is 22.6. The Balaban J connectivity index is 2.50. The third-order valence-electron chi connectivity index (χ3n) is 3.75. The smallest absolute Gasteiger partial charge is 0.0752 e. The van der Waals surface area contributed by atoms with Gasteiger partial charge in [0.05, 0.1) is 6.10 Å². The van der Waals surface area contributed by atoms with Gasteiger partial charge in [0, 0.05) is 13.2 Å². The second-order valence-corrected chi connectivity index (χ2v) is 4.78. The Hall–Kier alpha value is -0.0800. The minimum atomic E-state index is 0.426. The molecule has 0 radical (unpaired) electrons. The van der Waals surface area contributed by atoms with Crippen LogP contribution in [0.15, 0.2) is 0 Å². The molecule has 2 nitrogen and oxygen atoms in total. The van der Waals surface area contributed by atoms with Crippen molar-refractivity contribution in [2.75, 3.05) is 14.2 Å². The van der Waals surface area contributed by atoms with Crippen LogP contribution in [0.1, 0.15) is 51.9 Å². The molecule has 1 aliphatic rings. The highest BCUT2D eigenvalue weighted by molar-refractivity contribution is 4.83. The first kappa shape index (κ1) is 13.0. The van der Waals surface area contributed by atoms with E-state index in [0.29, 0.717) is 12.1 Å². The summed E-state index contributed by atoms with van der Waals surface area (Å²) in [5.74, 6) is 0.785. The van der Waals surface area contributed by atoms with E-state index in [1.165, 1.54) is 44.9 Å². The molecule has 0 saturated heterocycles. The lowest BCUT2D eigenvalue weighted by molar-refractivity contribution is 0.00783. The number of hydrogen-bond acceptors (Lipinski definition) is 2. The van der Waals surface area contributed by atoms with Crippen LogP contribution in [0.3, 0.4) is 0 Å². The van der Waals surface area contributed by atoms with Gasteiger partial charge in [0.1, 0.15) is 0 Å². The number of nitrogens with one attached hydrogen (secondary N) is 1. The summed E-state index contributed by atoms with van der Waals surface area (Å²) in [6.07, 6.45) is 9.82. The number of methoxy groups -OCH3 is 1. The molecule has 0 aromatic carbocycles. The Morgan fingerprint density at radius 1 is 1.27 bits per heavy atom. The highest BCUT2D eigenvalue weighted by atomic mass is 16.5. The zero-order valence-electron chi connectivity index (χ0n) is 10.6. The molecule has 2 heteroatoms. The van der Waals surface area contributed by atoms with Crippen molar-refractivity contribution in [1.29, 1.82) is 0 Å². The molecule has 0 spiro atoms. The van der Waals surface area contributed by atoms with Gasteiger partial charge in [-0.15, -0.1) is 0 Å². The standard InChI is InChI=1S/C13H27NO/c1-4-8-12(14-2)13(15-3)11-9-6-5-7-10-11/h11-14H,4-10H2,1-3H3. The molecule has 0 bridgehead atoms. The highest BCUT2D eigenvalue weighted by Crippen LogP contribution is 2.30. The predicted octanol–water partition coefficient (Wildman–Crippen LogP) is 2.97. The Morgan fingerprint density at radius 2 is 1.93 bits per heavy atom. The van der Waals surface area contributed by atoms with Gasteiger partial charge in [0.25, 0.3) is 0 Å². The average molecular weight is 213 g/mol. The minimum Gasteiger partial charge on any atom is -0.380 e. The number of rotatable bonds is 6. The fraction of sp³-hybridized carbons (Fsp3) is 1.00. The summed E-state index contributed by atoms with van der Waals surface area (Å²) in [6, 6.07) is 0.545. The molecule has 0 amide bonds. The molecule has 0 aliphatic heterocycles. The van der Waals surface area contributed by atoms with E-state index in [9.17, 15) is 0 Å². The number of hydrogen-bond donors (Lipinski definition) is 1. The van der Waals surface area contributed by atoms with E-state index < -0.39 is 0 Å². The first-order valence-electron chi connectivity index (χ1n) is 6.53. The molecule has 1 aliphatic carbocycles. The first-order chi connectivity index (χ1) is 7.33. The summed E-state index contributed by atoms with van der Waals surface area (Å²) in [5.41, 5.74) is 0. The fourth-order valence-corrected chi connectivity index (χ4v) is 2.93. The highest BCUT2D eigenvalue weighted by Gasteiger charge is 2.29. The molecule has 0 aromatic rings. The summed E-state index contributed by atoms with van der Waals surface area (Å²) in [5, 5.41) is 3.43. The van der Waals surface area contributed by atoms with Crippen LogP contribution in [0.25, 0.3) is 0 Å². The summed E-state index contributed by atoms with van der Waals surface area (Å²) >= 11 is 0. The van der Waals surface area contributed by atoms with E-state index in [1.54, 1.807) is 0 Å². The van der Waals surface area contributed by atoms with Crippen LogP contribution < -0.4 is 5.32 Å². The molecule has 0 aromatic heterocycles. The van der Waals surface area contributed by atoms with Crippen LogP contribution in [0, 0.1) is 5.92 Å². The van der Waals surface area contributed by atoms with Crippen molar-refractivity contribution in [3.63, 3.8) is 0 Å². The van der Waals surface area contributed by atoms with Crippen molar-refractivity contribution in [2.45, 2.75) is 64.0 Å². The third kappa shape index (κ3) is 3.76. The molecule has 2 atom stereocenters. The lowest BCUT2D eigenvalue weighted by Crippen LogP contribution is -2.44. The molecular weight excluding hydrogens is 186 g/mol. The van der Waals surface area contributed by atoms with Gasteiger partial charge in [-0.25, -0.2) is 0 Å². The maximum atomic E-state index is 5.73. The second kappa shape index (κ2) is 7.24. The minimum absolute atomic E-state index is 0.426. The van der Waals surface area contributed by atoms with E-state index >= 15 is 0 Å². The Kier molecular flexibility index (Phi) is 6.26. The molecule has 90 valence electrons. The number of likely N-dealkylation sites (N-methyl/N-ethyl adjacent to an activating group) is 1. The average Bonchev–Trinajstić information content (AvgIpc) is 2.30. The lowest BCUT2D eigenvalue weighted by Gasteiger charge is -2.34.